The molecule has 19 heavy (non-hydrogen) atoms. The maximum absolute atomic E-state index is 11.5. The zero-order valence-electron chi connectivity index (χ0n) is 11.3. The first-order valence-corrected chi connectivity index (χ1v) is 5.83. The van der Waals surface area contributed by atoms with Crippen LogP contribution in [0.1, 0.15) is 29.4 Å². The van der Waals surface area contributed by atoms with Crippen LogP contribution in [0.4, 0.5) is 0 Å². The number of carbonyl (C=O) groups is 2. The SMILES string of the molecule is CCOC(=O)CC[n+]1ccc(C(=O)NC)c(C)n1.[Br-]. The molecule has 106 valence electrons. The number of nitrogens with one attached hydrogen (secondary N) is 1. The third-order valence-corrected chi connectivity index (χ3v) is 2.40. The average molecular weight is 332 g/mol. The molecule has 1 amide bonds. The number of hydrogen-bond donors (Lipinski definition) is 1. The first-order chi connectivity index (χ1) is 8.58. The van der Waals surface area contributed by atoms with E-state index in [9.17, 15) is 9.59 Å². The fourth-order valence-corrected chi connectivity index (χ4v) is 1.50. The van der Waals surface area contributed by atoms with Gasteiger partial charge in [0.25, 0.3) is 5.91 Å². The number of amides is 1. The highest BCUT2D eigenvalue weighted by Gasteiger charge is 2.14. The average Bonchev–Trinajstić information content (AvgIpc) is 2.36. The molecule has 1 aromatic rings. The van der Waals surface area contributed by atoms with Gasteiger partial charge in [-0.25, -0.2) is 0 Å². The zero-order valence-corrected chi connectivity index (χ0v) is 12.9. The lowest BCUT2D eigenvalue weighted by molar-refractivity contribution is -0.753. The number of nitrogens with zero attached hydrogens (tertiary/aromatic N) is 2. The Kier molecular flexibility index (Phi) is 7.90. The van der Waals surface area contributed by atoms with Gasteiger partial charge in [0.15, 0.2) is 12.7 Å². The molecule has 0 unspecified atom stereocenters. The molecule has 1 rings (SSSR count). The highest BCUT2D eigenvalue weighted by Crippen LogP contribution is 2.00. The predicted molar refractivity (Wildman–Crippen MR) is 63.8 cm³/mol. The molecule has 0 spiro atoms. The van der Waals surface area contributed by atoms with Crippen LogP contribution < -0.4 is 27.0 Å². The summed E-state index contributed by atoms with van der Waals surface area (Å²) in [6.45, 7) is 4.34. The Morgan fingerprint density at radius 3 is 2.68 bits per heavy atom. The predicted octanol–water partition coefficient (Wildman–Crippen LogP) is -3.01. The third kappa shape index (κ3) is 5.34. The van der Waals surface area contributed by atoms with Gasteiger partial charge in [0.2, 0.25) is 0 Å². The summed E-state index contributed by atoms with van der Waals surface area (Å²) in [6.07, 6.45) is 1.95. The fourth-order valence-electron chi connectivity index (χ4n) is 1.50. The summed E-state index contributed by atoms with van der Waals surface area (Å²) in [7, 11) is 1.57. The Hall–Kier alpha value is -1.50. The zero-order chi connectivity index (χ0) is 13.5. The van der Waals surface area contributed by atoms with Crippen LogP contribution in [0.15, 0.2) is 12.3 Å². The number of hydrogen-bond acceptors (Lipinski definition) is 4. The van der Waals surface area contributed by atoms with Crippen molar-refractivity contribution in [2.24, 2.45) is 0 Å². The van der Waals surface area contributed by atoms with Crippen LogP contribution in [0, 0.1) is 6.92 Å². The van der Waals surface area contributed by atoms with Crippen LogP contribution in [-0.4, -0.2) is 30.6 Å². The molecule has 0 aliphatic rings. The van der Waals surface area contributed by atoms with E-state index in [1.165, 1.54) is 0 Å². The molecule has 0 atom stereocenters. The smallest absolute Gasteiger partial charge is 0.312 e. The quantitative estimate of drug-likeness (QED) is 0.461. The molecule has 0 aromatic carbocycles. The molecule has 0 fully saturated rings. The molecule has 0 aliphatic carbocycles. The molecule has 0 saturated carbocycles. The van der Waals surface area contributed by atoms with Crippen molar-refractivity contribution >= 4 is 11.9 Å². The third-order valence-electron chi connectivity index (χ3n) is 2.40. The van der Waals surface area contributed by atoms with Crippen molar-refractivity contribution in [1.29, 1.82) is 0 Å². The van der Waals surface area contributed by atoms with Gasteiger partial charge in [0.1, 0.15) is 12.1 Å². The second kappa shape index (κ2) is 8.58. The van der Waals surface area contributed by atoms with Crippen LogP contribution in [-0.2, 0) is 16.1 Å². The minimum atomic E-state index is -0.250. The first-order valence-electron chi connectivity index (χ1n) is 5.83. The summed E-state index contributed by atoms with van der Waals surface area (Å²) in [5.74, 6) is -0.419. The van der Waals surface area contributed by atoms with Gasteiger partial charge in [-0.1, -0.05) is 4.68 Å². The van der Waals surface area contributed by atoms with Crippen molar-refractivity contribution < 1.29 is 36.0 Å². The standard InChI is InChI=1S/C12H17N3O3.BrH/c1-4-18-11(16)6-8-15-7-5-10(9(2)14-15)12(17)13-3;/h5,7H,4,6,8H2,1-3H3;1H. The topological polar surface area (TPSA) is 72.2 Å². The summed E-state index contributed by atoms with van der Waals surface area (Å²) >= 11 is 0. The summed E-state index contributed by atoms with van der Waals surface area (Å²) in [5.41, 5.74) is 1.16. The van der Waals surface area contributed by atoms with E-state index < -0.39 is 0 Å². The second-order valence-electron chi connectivity index (χ2n) is 3.71. The van der Waals surface area contributed by atoms with E-state index in [0.717, 1.165) is 0 Å². The molecule has 0 aliphatic heterocycles. The van der Waals surface area contributed by atoms with Crippen LogP contribution in [0.2, 0.25) is 0 Å². The van der Waals surface area contributed by atoms with E-state index in [0.29, 0.717) is 24.4 Å². The minimum absolute atomic E-state index is 0. The lowest BCUT2D eigenvalue weighted by Crippen LogP contribution is -3.00. The lowest BCUT2D eigenvalue weighted by atomic mass is 10.2. The van der Waals surface area contributed by atoms with Crippen molar-refractivity contribution in [2.45, 2.75) is 26.8 Å². The number of halogens is 1. The number of rotatable bonds is 5. The highest BCUT2D eigenvalue weighted by atomic mass is 79.9. The molecule has 7 heteroatoms. The van der Waals surface area contributed by atoms with E-state index in [1.807, 2.05) is 0 Å². The summed E-state index contributed by atoms with van der Waals surface area (Å²) in [4.78, 5) is 22.7. The van der Waals surface area contributed by atoms with Crippen molar-refractivity contribution in [3.63, 3.8) is 0 Å². The molecular weight excluding hydrogens is 314 g/mol. The molecule has 0 saturated heterocycles. The lowest BCUT2D eigenvalue weighted by Gasteiger charge is -2.02. The monoisotopic (exact) mass is 331 g/mol. The largest absolute Gasteiger partial charge is 1.00 e. The molecular formula is C12H18BrN3O3. The maximum atomic E-state index is 11.5. The van der Waals surface area contributed by atoms with E-state index in [2.05, 4.69) is 10.4 Å². The Labute approximate surface area is 122 Å². The van der Waals surface area contributed by atoms with Crippen molar-refractivity contribution in [3.8, 4) is 0 Å². The normalized spacial score (nSPS) is 9.42. The molecule has 6 nitrogen and oxygen atoms in total. The first kappa shape index (κ1) is 17.5. The van der Waals surface area contributed by atoms with Crippen LogP contribution in [0.5, 0.6) is 0 Å². The molecule has 1 N–H and O–H groups in total. The fraction of sp³-hybridized carbons (Fsp3) is 0.500. The maximum Gasteiger partial charge on any atom is 0.312 e. The number of esters is 1. The van der Waals surface area contributed by atoms with Gasteiger partial charge in [-0.3, -0.25) is 9.59 Å². The Morgan fingerprint density at radius 2 is 2.16 bits per heavy atom. The Balaban J connectivity index is 0.00000324. The van der Waals surface area contributed by atoms with Gasteiger partial charge in [0.05, 0.1) is 12.2 Å². The van der Waals surface area contributed by atoms with Gasteiger partial charge < -0.3 is 27.0 Å². The summed E-state index contributed by atoms with van der Waals surface area (Å²) in [5, 5.41) is 6.77. The number of aryl methyl sites for hydroxylation is 2. The van der Waals surface area contributed by atoms with Crippen molar-refractivity contribution in [1.82, 2.24) is 10.4 Å². The summed E-state index contributed by atoms with van der Waals surface area (Å²) < 4.78 is 6.45. The highest BCUT2D eigenvalue weighted by molar-refractivity contribution is 5.94. The minimum Gasteiger partial charge on any atom is -1.00 e. The van der Waals surface area contributed by atoms with Crippen molar-refractivity contribution in [2.75, 3.05) is 13.7 Å². The van der Waals surface area contributed by atoms with Gasteiger partial charge in [-0.05, 0) is 18.9 Å². The van der Waals surface area contributed by atoms with Gasteiger partial charge in [0, 0.05) is 13.1 Å². The number of aromatic nitrogens is 2. The molecule has 1 aromatic heterocycles. The Bertz CT molecular complexity index is 452. The summed E-state index contributed by atoms with van der Waals surface area (Å²) in [6, 6.07) is 1.69. The van der Waals surface area contributed by atoms with Crippen LogP contribution in [0.3, 0.4) is 0 Å². The number of carbonyl (C=O) groups excluding carboxylic acids is 2. The van der Waals surface area contributed by atoms with E-state index in [-0.39, 0.29) is 35.3 Å². The van der Waals surface area contributed by atoms with Crippen molar-refractivity contribution in [3.05, 3.63) is 23.5 Å². The van der Waals surface area contributed by atoms with E-state index in [1.54, 1.807) is 37.8 Å². The van der Waals surface area contributed by atoms with E-state index >= 15 is 0 Å². The van der Waals surface area contributed by atoms with E-state index in [4.69, 9.17) is 4.74 Å². The molecule has 0 bridgehead atoms. The molecule has 1 heterocycles. The van der Waals surface area contributed by atoms with Gasteiger partial charge in [-0.2, -0.15) is 0 Å². The van der Waals surface area contributed by atoms with Crippen LogP contribution in [0.25, 0.3) is 0 Å². The second-order valence-corrected chi connectivity index (χ2v) is 3.71. The Morgan fingerprint density at radius 1 is 1.47 bits per heavy atom. The number of ether oxygens (including phenoxy) is 1. The van der Waals surface area contributed by atoms with Gasteiger partial charge >= 0.3 is 5.97 Å². The molecule has 0 radical (unpaired) electrons. The van der Waals surface area contributed by atoms with Gasteiger partial charge in [-0.15, -0.1) is 0 Å². The van der Waals surface area contributed by atoms with Crippen LogP contribution >= 0.6 is 0 Å².